The van der Waals surface area contributed by atoms with Gasteiger partial charge in [-0.3, -0.25) is 19.3 Å². The number of nitrogens with zero attached hydrogens (tertiary/aromatic N) is 3. The summed E-state index contributed by atoms with van der Waals surface area (Å²) in [5.41, 5.74) is -0.908. The normalized spacial score (nSPS) is 29.2. The summed E-state index contributed by atoms with van der Waals surface area (Å²) in [6.45, 7) is 7.74. The van der Waals surface area contributed by atoms with Crippen molar-refractivity contribution >= 4 is 52.2 Å². The fourth-order valence-electron chi connectivity index (χ4n) is 6.93. The molecule has 1 aromatic rings. The molecule has 6 rings (SSSR count). The first-order chi connectivity index (χ1) is 24.8. The molecule has 0 spiro atoms. The van der Waals surface area contributed by atoms with Crippen molar-refractivity contribution in [3.05, 3.63) is 47.3 Å². The van der Waals surface area contributed by atoms with Crippen molar-refractivity contribution in [2.45, 2.75) is 108 Å². The van der Waals surface area contributed by atoms with Crippen molar-refractivity contribution in [3.8, 4) is 0 Å². The molecule has 3 heterocycles. The molecule has 282 valence electrons. The predicted octanol–water partition coefficient (Wildman–Crippen LogP) is 4.40. The molecule has 1 aromatic carbocycles. The summed E-state index contributed by atoms with van der Waals surface area (Å²) in [5.74, 6) is -2.93. The molecule has 1 saturated heterocycles. The first-order valence-corrected chi connectivity index (χ1v) is 19.3. The van der Waals surface area contributed by atoms with Crippen LogP contribution in [0.5, 0.6) is 0 Å². The lowest BCUT2D eigenvalue weighted by atomic mass is 10.0. The molecule has 0 aromatic heterocycles. The summed E-state index contributed by atoms with van der Waals surface area (Å²) in [5, 5.41) is 5.39. The zero-order valence-corrected chi connectivity index (χ0v) is 30.9. The van der Waals surface area contributed by atoms with Crippen molar-refractivity contribution < 1.29 is 42.6 Å². The molecule has 2 N–H and O–H groups in total. The first-order valence-electron chi connectivity index (χ1n) is 18.0. The zero-order valence-electron chi connectivity index (χ0n) is 30.1. The molecule has 52 heavy (non-hydrogen) atoms. The van der Waals surface area contributed by atoms with Gasteiger partial charge in [-0.1, -0.05) is 35.0 Å². The number of nitrogens with one attached hydrogen (secondary N) is 2. The standard InChI is InChI=1S/C37H48FN5O8S/c1-5-52(27-13-14-27)41-33(46)37-18-25(37)11-8-16-49-15-7-10-23(19-39-34(47)51-36(2,3)4)32(45)43-21-26(17-30(43)31(44)40-37)50-35(48)42-20-24-9-6-12-29(38)28(24)22-42/h5-6,8-9,11-12,19,23,25-27,30H,7,10,13-18,20-22H2,1-4H3,(H,40,44)(H,41,46)/b11-8-,39-19?/t23?,25-,26-,30+,37-,52?/m1/s1. The van der Waals surface area contributed by atoms with Crippen LogP contribution in [0.15, 0.2) is 35.3 Å². The highest BCUT2D eigenvalue weighted by molar-refractivity contribution is 8.14. The SMILES string of the molecule is C/C=S(/NC(=O)[C@@]12C[C@H]1/C=C\COCCCC(C=NC(=O)OC(C)(C)C)C(=O)N1C[C@H](OC(=O)N3Cc4cccc(F)c4C3)C[C@H]1C(=O)N2)C1CC1. The molecule has 5 aliphatic rings. The summed E-state index contributed by atoms with van der Waals surface area (Å²) in [4.78, 5) is 75.0. The van der Waals surface area contributed by atoms with E-state index in [1.807, 2.05) is 24.4 Å². The van der Waals surface area contributed by atoms with Gasteiger partial charge in [0.25, 0.3) is 5.91 Å². The molecular weight excluding hydrogens is 693 g/mol. The third kappa shape index (κ3) is 8.74. The highest BCUT2D eigenvalue weighted by Crippen LogP contribution is 2.47. The molecule has 6 atom stereocenters. The number of rotatable bonds is 5. The van der Waals surface area contributed by atoms with Gasteiger partial charge in [0.05, 0.1) is 25.6 Å². The molecule has 3 aliphatic heterocycles. The van der Waals surface area contributed by atoms with Crippen LogP contribution < -0.4 is 10.0 Å². The smallest absolute Gasteiger partial charge is 0.433 e. The molecule has 2 saturated carbocycles. The number of hydrogen-bond acceptors (Lipinski definition) is 8. The van der Waals surface area contributed by atoms with Gasteiger partial charge in [0.15, 0.2) is 0 Å². The molecule has 2 aliphatic carbocycles. The Morgan fingerprint density at radius 2 is 1.96 bits per heavy atom. The summed E-state index contributed by atoms with van der Waals surface area (Å²) < 4.78 is 34.6. The van der Waals surface area contributed by atoms with Gasteiger partial charge in [-0.05, 0) is 76.8 Å². The third-order valence-electron chi connectivity index (χ3n) is 9.87. The number of carbonyl (C=O) groups excluding carboxylic acids is 5. The minimum Gasteiger partial charge on any atom is -0.444 e. The van der Waals surface area contributed by atoms with Crippen LogP contribution in [0.4, 0.5) is 14.0 Å². The van der Waals surface area contributed by atoms with Crippen molar-refractivity contribution in [2.24, 2.45) is 16.8 Å². The Morgan fingerprint density at radius 3 is 2.67 bits per heavy atom. The van der Waals surface area contributed by atoms with Crippen molar-refractivity contribution in [1.29, 1.82) is 0 Å². The molecular formula is C37H48FN5O8S. The Hall–Kier alpha value is -4.11. The molecule has 3 fully saturated rings. The molecule has 5 amide bonds. The van der Waals surface area contributed by atoms with Gasteiger partial charge in [0.2, 0.25) is 11.8 Å². The van der Waals surface area contributed by atoms with E-state index in [4.69, 9.17) is 14.2 Å². The van der Waals surface area contributed by atoms with Crippen LogP contribution in [-0.4, -0.2) is 99.6 Å². The van der Waals surface area contributed by atoms with E-state index in [-0.39, 0.29) is 44.3 Å². The van der Waals surface area contributed by atoms with Gasteiger partial charge < -0.3 is 29.1 Å². The van der Waals surface area contributed by atoms with Crippen LogP contribution in [0.2, 0.25) is 0 Å². The van der Waals surface area contributed by atoms with E-state index in [0.29, 0.717) is 42.4 Å². The molecule has 2 unspecified atom stereocenters. The highest BCUT2D eigenvalue weighted by atomic mass is 32.2. The summed E-state index contributed by atoms with van der Waals surface area (Å²) in [6.07, 6.45) is 5.67. The summed E-state index contributed by atoms with van der Waals surface area (Å²) >= 11 is 0. The van der Waals surface area contributed by atoms with Gasteiger partial charge in [-0.15, -0.1) is 0 Å². The van der Waals surface area contributed by atoms with Crippen LogP contribution in [0.3, 0.4) is 0 Å². The number of aliphatic imine (C=N–C) groups is 1. The van der Waals surface area contributed by atoms with E-state index in [2.05, 4.69) is 15.0 Å². The maximum absolute atomic E-state index is 14.4. The van der Waals surface area contributed by atoms with Crippen LogP contribution in [0, 0.1) is 17.7 Å². The number of benzene rings is 1. The van der Waals surface area contributed by atoms with Crippen molar-refractivity contribution in [1.82, 2.24) is 19.8 Å². The molecule has 0 radical (unpaired) electrons. The maximum atomic E-state index is 14.4. The molecule has 0 bridgehead atoms. The lowest BCUT2D eigenvalue weighted by Crippen LogP contribution is -2.55. The Balaban J connectivity index is 1.25. The predicted molar refractivity (Wildman–Crippen MR) is 193 cm³/mol. The van der Waals surface area contributed by atoms with E-state index in [1.165, 1.54) is 22.1 Å². The van der Waals surface area contributed by atoms with Crippen molar-refractivity contribution in [3.63, 3.8) is 0 Å². The molecule has 13 nitrogen and oxygen atoms in total. The van der Waals surface area contributed by atoms with Crippen LogP contribution >= 0.6 is 10.7 Å². The fraction of sp³-hybridized carbons (Fsp3) is 0.595. The maximum Gasteiger partial charge on any atom is 0.433 e. The lowest BCUT2D eigenvalue weighted by Gasteiger charge is -2.28. The number of fused-ring (bicyclic) bond motifs is 3. The number of amides is 5. The lowest BCUT2D eigenvalue weighted by molar-refractivity contribution is -0.141. The van der Waals surface area contributed by atoms with E-state index in [0.717, 1.165) is 12.8 Å². The molecule has 15 heteroatoms. The van der Waals surface area contributed by atoms with Gasteiger partial charge in [-0.25, -0.2) is 14.0 Å². The minimum atomic E-state index is -1.22. The van der Waals surface area contributed by atoms with E-state index in [9.17, 15) is 28.4 Å². The summed E-state index contributed by atoms with van der Waals surface area (Å²) in [6, 6.07) is 3.59. The first kappa shape index (κ1) is 37.6. The van der Waals surface area contributed by atoms with Crippen LogP contribution in [0.25, 0.3) is 0 Å². The van der Waals surface area contributed by atoms with E-state index in [1.54, 1.807) is 32.9 Å². The Morgan fingerprint density at radius 1 is 1.17 bits per heavy atom. The third-order valence-corrected chi connectivity index (χ3v) is 12.0. The number of ether oxygens (including phenoxy) is 3. The van der Waals surface area contributed by atoms with E-state index < -0.39 is 69.7 Å². The summed E-state index contributed by atoms with van der Waals surface area (Å²) in [7, 11) is -0.432. The average molecular weight is 742 g/mol. The van der Waals surface area contributed by atoms with Gasteiger partial charge >= 0.3 is 12.2 Å². The Labute approximate surface area is 305 Å². The quantitative estimate of drug-likeness (QED) is 0.256. The minimum absolute atomic E-state index is 0.0229. The Kier molecular flexibility index (Phi) is 11.2. The zero-order chi connectivity index (χ0) is 37.2. The number of halogens is 1. The largest absolute Gasteiger partial charge is 0.444 e. The van der Waals surface area contributed by atoms with Gasteiger partial charge in [0.1, 0.15) is 29.1 Å². The van der Waals surface area contributed by atoms with Gasteiger partial charge in [0, 0.05) is 42.5 Å². The van der Waals surface area contributed by atoms with Crippen LogP contribution in [0.1, 0.15) is 77.3 Å². The number of hydrogen-bond donors (Lipinski definition) is 2. The number of carbonyl (C=O) groups is 5. The van der Waals surface area contributed by atoms with Crippen molar-refractivity contribution in [2.75, 3.05) is 19.8 Å². The van der Waals surface area contributed by atoms with E-state index >= 15 is 0 Å². The fourth-order valence-corrected chi connectivity index (χ4v) is 8.64. The average Bonchev–Trinajstić information content (AvgIpc) is 3.96. The second-order valence-electron chi connectivity index (χ2n) is 15.0. The Bertz CT molecular complexity index is 1690. The highest BCUT2D eigenvalue weighted by Gasteiger charge is 2.61. The monoisotopic (exact) mass is 741 g/mol. The van der Waals surface area contributed by atoms with Gasteiger partial charge in [-0.2, -0.15) is 4.99 Å². The van der Waals surface area contributed by atoms with Crippen LogP contribution in [-0.2, 0) is 41.7 Å². The second kappa shape index (κ2) is 15.5. The topological polar surface area (TPSA) is 156 Å². The second-order valence-corrected chi connectivity index (χ2v) is 17.1.